The summed E-state index contributed by atoms with van der Waals surface area (Å²) in [6.07, 6.45) is 5.78. The second-order valence-corrected chi connectivity index (χ2v) is 9.65. The molecule has 1 atom stereocenters. The van der Waals surface area contributed by atoms with Gasteiger partial charge in [-0.15, -0.1) is 0 Å². The zero-order chi connectivity index (χ0) is 25.3. The van der Waals surface area contributed by atoms with Gasteiger partial charge in [0, 0.05) is 5.56 Å². The van der Waals surface area contributed by atoms with Crippen molar-refractivity contribution in [2.75, 3.05) is 13.2 Å². The Kier molecular flexibility index (Phi) is 9.05. The molecule has 0 bridgehead atoms. The number of fused-ring (bicyclic) bond motifs is 1. The van der Waals surface area contributed by atoms with Crippen molar-refractivity contribution in [3.63, 3.8) is 0 Å². The lowest BCUT2D eigenvalue weighted by atomic mass is 9.81. The largest absolute Gasteiger partial charge is 0.493 e. The van der Waals surface area contributed by atoms with Crippen LogP contribution in [0.25, 0.3) is 11.1 Å². The first-order chi connectivity index (χ1) is 17.6. The molecule has 1 aliphatic carbocycles. The molecule has 0 radical (unpaired) electrons. The number of ether oxygens (including phenoxy) is 3. The van der Waals surface area contributed by atoms with Crippen molar-refractivity contribution in [3.8, 4) is 22.6 Å². The monoisotopic (exact) mass is 486 g/mol. The highest BCUT2D eigenvalue weighted by atomic mass is 16.5. The molecule has 0 spiro atoms. The van der Waals surface area contributed by atoms with Gasteiger partial charge in [0.25, 0.3) is 0 Å². The van der Waals surface area contributed by atoms with Crippen molar-refractivity contribution in [2.24, 2.45) is 0 Å². The van der Waals surface area contributed by atoms with Gasteiger partial charge in [-0.2, -0.15) is 0 Å². The summed E-state index contributed by atoms with van der Waals surface area (Å²) in [6, 6.07) is 21.2. The summed E-state index contributed by atoms with van der Waals surface area (Å²) in [7, 11) is 0. The van der Waals surface area contributed by atoms with Crippen LogP contribution in [-0.2, 0) is 22.6 Å². The van der Waals surface area contributed by atoms with Crippen LogP contribution in [0.4, 0.5) is 0 Å². The van der Waals surface area contributed by atoms with E-state index in [1.807, 2.05) is 13.0 Å². The standard InChI is InChI=1S/C32H38O4/c1-4-6-18-35-31-17-10-23(3)19-30(31)25-13-11-24(12-14-25)22-36-28-15-16-29-26(20-28)8-7-9-27(29)21-32(33)34-5-2/h10-17,19-20,27H,4-9,18,21-22H2,1-3H3. The second kappa shape index (κ2) is 12.6. The Morgan fingerprint density at radius 2 is 1.81 bits per heavy atom. The molecule has 4 heteroatoms. The summed E-state index contributed by atoms with van der Waals surface area (Å²) >= 11 is 0. The molecule has 3 aromatic carbocycles. The van der Waals surface area contributed by atoms with E-state index in [-0.39, 0.29) is 11.9 Å². The molecule has 0 N–H and O–H groups in total. The van der Waals surface area contributed by atoms with Crippen LogP contribution in [0, 0.1) is 6.92 Å². The third kappa shape index (κ3) is 6.69. The number of carbonyl (C=O) groups excluding carboxylic acids is 1. The van der Waals surface area contributed by atoms with E-state index in [0.717, 1.165) is 66.9 Å². The molecule has 1 unspecified atom stereocenters. The normalized spacial score (nSPS) is 14.7. The molecule has 4 rings (SSSR count). The van der Waals surface area contributed by atoms with E-state index >= 15 is 0 Å². The molecular weight excluding hydrogens is 448 g/mol. The van der Waals surface area contributed by atoms with Crippen molar-refractivity contribution < 1.29 is 19.0 Å². The molecule has 0 heterocycles. The van der Waals surface area contributed by atoms with Crippen LogP contribution in [0.2, 0.25) is 0 Å². The van der Waals surface area contributed by atoms with Gasteiger partial charge in [-0.1, -0.05) is 55.3 Å². The summed E-state index contributed by atoms with van der Waals surface area (Å²) < 4.78 is 17.4. The maximum atomic E-state index is 12.0. The van der Waals surface area contributed by atoms with E-state index in [9.17, 15) is 4.79 Å². The van der Waals surface area contributed by atoms with E-state index in [1.54, 1.807) is 0 Å². The lowest BCUT2D eigenvalue weighted by Gasteiger charge is -2.25. The second-order valence-electron chi connectivity index (χ2n) is 9.65. The molecule has 3 aromatic rings. The van der Waals surface area contributed by atoms with Crippen LogP contribution in [-0.4, -0.2) is 19.2 Å². The predicted octanol–water partition coefficient (Wildman–Crippen LogP) is 7.79. The van der Waals surface area contributed by atoms with Crippen LogP contribution in [0.5, 0.6) is 11.5 Å². The third-order valence-corrected chi connectivity index (χ3v) is 6.83. The molecule has 0 aliphatic heterocycles. The van der Waals surface area contributed by atoms with Crippen molar-refractivity contribution >= 4 is 5.97 Å². The zero-order valence-corrected chi connectivity index (χ0v) is 21.8. The van der Waals surface area contributed by atoms with Gasteiger partial charge in [0.2, 0.25) is 0 Å². The quantitative estimate of drug-likeness (QED) is 0.205. The topological polar surface area (TPSA) is 44.8 Å². The van der Waals surface area contributed by atoms with Gasteiger partial charge in [-0.25, -0.2) is 0 Å². The molecule has 0 fully saturated rings. The molecule has 0 amide bonds. The van der Waals surface area contributed by atoms with Gasteiger partial charge in [-0.3, -0.25) is 4.79 Å². The third-order valence-electron chi connectivity index (χ3n) is 6.83. The first kappa shape index (κ1) is 25.8. The van der Waals surface area contributed by atoms with E-state index in [1.165, 1.54) is 16.7 Å². The molecule has 0 saturated carbocycles. The lowest BCUT2D eigenvalue weighted by molar-refractivity contribution is -0.143. The highest BCUT2D eigenvalue weighted by Crippen LogP contribution is 2.36. The predicted molar refractivity (Wildman–Crippen MR) is 145 cm³/mol. The summed E-state index contributed by atoms with van der Waals surface area (Å²) in [4.78, 5) is 12.0. The minimum absolute atomic E-state index is 0.107. The summed E-state index contributed by atoms with van der Waals surface area (Å²) in [5.74, 6) is 1.95. The van der Waals surface area contributed by atoms with Gasteiger partial charge in [0.05, 0.1) is 19.6 Å². The van der Waals surface area contributed by atoms with Crippen LogP contribution in [0.1, 0.15) is 74.1 Å². The Labute approximate surface area is 215 Å². The molecule has 0 saturated heterocycles. The van der Waals surface area contributed by atoms with E-state index in [4.69, 9.17) is 14.2 Å². The number of benzene rings is 3. The molecule has 4 nitrogen and oxygen atoms in total. The molecular formula is C32H38O4. The minimum atomic E-state index is -0.107. The average molecular weight is 487 g/mol. The Morgan fingerprint density at radius 3 is 2.58 bits per heavy atom. The number of hydrogen-bond acceptors (Lipinski definition) is 4. The van der Waals surface area contributed by atoms with Gasteiger partial charge in [0.15, 0.2) is 0 Å². The SMILES string of the molecule is CCCCOc1ccc(C)cc1-c1ccc(COc2ccc3c(c2)CCCC3CC(=O)OCC)cc1. The fraction of sp³-hybridized carbons (Fsp3) is 0.406. The highest BCUT2D eigenvalue weighted by molar-refractivity contribution is 5.72. The molecule has 0 aromatic heterocycles. The minimum Gasteiger partial charge on any atom is -0.493 e. The smallest absolute Gasteiger partial charge is 0.306 e. The first-order valence-corrected chi connectivity index (χ1v) is 13.3. The van der Waals surface area contributed by atoms with Crippen molar-refractivity contribution in [2.45, 2.75) is 71.8 Å². The van der Waals surface area contributed by atoms with Gasteiger partial charge in [0.1, 0.15) is 18.1 Å². The number of esters is 1. The fourth-order valence-corrected chi connectivity index (χ4v) is 4.88. The number of rotatable bonds is 11. The van der Waals surface area contributed by atoms with Crippen LogP contribution in [0.3, 0.4) is 0 Å². The average Bonchev–Trinajstić information content (AvgIpc) is 2.89. The Bertz CT molecular complexity index is 1150. The van der Waals surface area contributed by atoms with Gasteiger partial charge >= 0.3 is 5.97 Å². The lowest BCUT2D eigenvalue weighted by Crippen LogP contribution is -2.15. The Hall–Kier alpha value is -3.27. The van der Waals surface area contributed by atoms with Gasteiger partial charge in [-0.05, 0) is 92.0 Å². The number of hydrogen-bond donors (Lipinski definition) is 0. The van der Waals surface area contributed by atoms with Crippen LogP contribution in [0.15, 0.2) is 60.7 Å². The Balaban J connectivity index is 1.40. The van der Waals surface area contributed by atoms with Crippen LogP contribution >= 0.6 is 0 Å². The summed E-state index contributed by atoms with van der Waals surface area (Å²) in [5.41, 5.74) is 7.18. The Morgan fingerprint density at radius 1 is 0.972 bits per heavy atom. The maximum Gasteiger partial charge on any atom is 0.306 e. The summed E-state index contributed by atoms with van der Waals surface area (Å²) in [5, 5.41) is 0. The maximum absolute atomic E-state index is 12.0. The van der Waals surface area contributed by atoms with E-state index in [2.05, 4.69) is 68.4 Å². The first-order valence-electron chi connectivity index (χ1n) is 13.3. The van der Waals surface area contributed by atoms with Crippen molar-refractivity contribution in [1.29, 1.82) is 0 Å². The van der Waals surface area contributed by atoms with E-state index < -0.39 is 0 Å². The fourth-order valence-electron chi connectivity index (χ4n) is 4.88. The van der Waals surface area contributed by atoms with Crippen molar-refractivity contribution in [3.05, 3.63) is 82.9 Å². The summed E-state index contributed by atoms with van der Waals surface area (Å²) in [6.45, 7) is 7.83. The van der Waals surface area contributed by atoms with Crippen LogP contribution < -0.4 is 9.47 Å². The highest BCUT2D eigenvalue weighted by Gasteiger charge is 2.23. The molecule has 36 heavy (non-hydrogen) atoms. The zero-order valence-electron chi connectivity index (χ0n) is 21.8. The number of unbranched alkanes of at least 4 members (excludes halogenated alkanes) is 1. The molecule has 1 aliphatic rings. The number of aryl methyl sites for hydroxylation is 2. The van der Waals surface area contributed by atoms with Gasteiger partial charge < -0.3 is 14.2 Å². The van der Waals surface area contributed by atoms with E-state index in [0.29, 0.717) is 19.6 Å². The molecule has 190 valence electrons. The van der Waals surface area contributed by atoms with Crippen molar-refractivity contribution in [1.82, 2.24) is 0 Å². The number of carbonyl (C=O) groups is 1.